The van der Waals surface area contributed by atoms with Gasteiger partial charge in [0.05, 0.1) is 6.10 Å². The summed E-state index contributed by atoms with van der Waals surface area (Å²) in [5.74, 6) is 0.779. The first-order valence-electron chi connectivity index (χ1n) is 6.02. The SMILES string of the molecule is CC(C)c1cc(C(=O)N2CCCC(O)C2)no1. The van der Waals surface area contributed by atoms with Gasteiger partial charge in [0.1, 0.15) is 5.76 Å². The van der Waals surface area contributed by atoms with E-state index in [-0.39, 0.29) is 11.8 Å². The third kappa shape index (κ3) is 2.66. The Balaban J connectivity index is 2.07. The third-order valence-electron chi connectivity index (χ3n) is 3.00. The number of carbonyl (C=O) groups is 1. The van der Waals surface area contributed by atoms with E-state index < -0.39 is 6.10 Å². The Morgan fingerprint density at radius 3 is 3.00 bits per heavy atom. The molecule has 94 valence electrons. The molecule has 1 atom stereocenters. The predicted molar refractivity (Wildman–Crippen MR) is 61.7 cm³/mol. The first kappa shape index (κ1) is 12.1. The minimum absolute atomic E-state index is 0.153. The average Bonchev–Trinajstić information content (AvgIpc) is 2.77. The molecule has 1 aromatic rings. The van der Waals surface area contributed by atoms with Crippen molar-refractivity contribution in [3.05, 3.63) is 17.5 Å². The summed E-state index contributed by atoms with van der Waals surface area (Å²) in [7, 11) is 0. The highest BCUT2D eigenvalue weighted by molar-refractivity contribution is 5.92. The Hall–Kier alpha value is -1.36. The molecule has 1 fully saturated rings. The molecule has 1 saturated heterocycles. The summed E-state index contributed by atoms with van der Waals surface area (Å²) in [6.07, 6.45) is 1.19. The molecule has 0 spiro atoms. The van der Waals surface area contributed by atoms with Crippen LogP contribution in [0, 0.1) is 0 Å². The first-order valence-corrected chi connectivity index (χ1v) is 6.02. The van der Waals surface area contributed by atoms with Gasteiger partial charge in [-0.25, -0.2) is 0 Å². The maximum atomic E-state index is 12.1. The standard InChI is InChI=1S/C12H18N2O3/c1-8(2)11-6-10(13-17-11)12(16)14-5-3-4-9(15)7-14/h6,8-9,15H,3-5,7H2,1-2H3. The van der Waals surface area contributed by atoms with Crippen LogP contribution in [0.4, 0.5) is 0 Å². The molecular weight excluding hydrogens is 220 g/mol. The molecular formula is C12H18N2O3. The van der Waals surface area contributed by atoms with Crippen LogP contribution >= 0.6 is 0 Å². The highest BCUT2D eigenvalue weighted by Gasteiger charge is 2.25. The molecule has 1 N–H and O–H groups in total. The van der Waals surface area contributed by atoms with Crippen LogP contribution in [0.2, 0.25) is 0 Å². The largest absolute Gasteiger partial charge is 0.391 e. The molecule has 1 aliphatic heterocycles. The van der Waals surface area contributed by atoms with Gasteiger partial charge < -0.3 is 14.5 Å². The van der Waals surface area contributed by atoms with Gasteiger partial charge in [-0.05, 0) is 12.8 Å². The van der Waals surface area contributed by atoms with Crippen molar-refractivity contribution in [2.75, 3.05) is 13.1 Å². The molecule has 0 bridgehead atoms. The van der Waals surface area contributed by atoms with E-state index in [9.17, 15) is 9.90 Å². The number of rotatable bonds is 2. The fourth-order valence-corrected chi connectivity index (χ4v) is 1.96. The van der Waals surface area contributed by atoms with Crippen molar-refractivity contribution in [1.82, 2.24) is 10.1 Å². The number of aromatic nitrogens is 1. The number of β-amino-alcohol motifs (C(OH)–C–C–N with tert-alkyl or cyclic N) is 1. The maximum Gasteiger partial charge on any atom is 0.276 e. The van der Waals surface area contributed by atoms with Gasteiger partial charge in [-0.1, -0.05) is 19.0 Å². The normalized spacial score (nSPS) is 20.9. The van der Waals surface area contributed by atoms with E-state index in [0.29, 0.717) is 24.5 Å². The van der Waals surface area contributed by atoms with E-state index in [1.54, 1.807) is 11.0 Å². The molecule has 0 aromatic carbocycles. The second kappa shape index (κ2) is 4.87. The Morgan fingerprint density at radius 2 is 2.41 bits per heavy atom. The van der Waals surface area contributed by atoms with Crippen molar-refractivity contribution < 1.29 is 14.4 Å². The molecule has 5 nitrogen and oxygen atoms in total. The number of amides is 1. The molecule has 0 saturated carbocycles. The van der Waals surface area contributed by atoms with Crippen molar-refractivity contribution in [3.63, 3.8) is 0 Å². The van der Waals surface area contributed by atoms with Crippen LogP contribution in [-0.2, 0) is 0 Å². The summed E-state index contributed by atoms with van der Waals surface area (Å²) in [5, 5.41) is 13.3. The lowest BCUT2D eigenvalue weighted by Crippen LogP contribution is -2.42. The molecule has 0 radical (unpaired) electrons. The number of aliphatic hydroxyl groups is 1. The van der Waals surface area contributed by atoms with Gasteiger partial charge in [-0.2, -0.15) is 0 Å². The average molecular weight is 238 g/mol. The molecule has 1 unspecified atom stereocenters. The number of hydrogen-bond donors (Lipinski definition) is 1. The predicted octanol–water partition coefficient (Wildman–Crippen LogP) is 1.39. The fraction of sp³-hybridized carbons (Fsp3) is 0.667. The smallest absolute Gasteiger partial charge is 0.276 e. The Labute approximate surface area is 100 Å². The van der Waals surface area contributed by atoms with Gasteiger partial charge in [0.15, 0.2) is 5.69 Å². The van der Waals surface area contributed by atoms with Crippen molar-refractivity contribution in [2.24, 2.45) is 0 Å². The Morgan fingerprint density at radius 1 is 1.65 bits per heavy atom. The lowest BCUT2D eigenvalue weighted by atomic mass is 10.1. The summed E-state index contributed by atoms with van der Waals surface area (Å²) in [6.45, 7) is 5.04. The zero-order valence-corrected chi connectivity index (χ0v) is 10.2. The molecule has 1 aliphatic rings. The number of nitrogens with zero attached hydrogens (tertiary/aromatic N) is 2. The molecule has 2 heterocycles. The second-order valence-corrected chi connectivity index (χ2v) is 4.82. The number of hydrogen-bond acceptors (Lipinski definition) is 4. The molecule has 0 aliphatic carbocycles. The van der Waals surface area contributed by atoms with Crippen LogP contribution in [0.15, 0.2) is 10.6 Å². The topological polar surface area (TPSA) is 66.6 Å². The molecule has 5 heteroatoms. The molecule has 2 rings (SSSR count). The van der Waals surface area contributed by atoms with E-state index >= 15 is 0 Å². The van der Waals surface area contributed by atoms with Crippen LogP contribution in [0.25, 0.3) is 0 Å². The number of carbonyl (C=O) groups excluding carboxylic acids is 1. The minimum atomic E-state index is -0.413. The lowest BCUT2D eigenvalue weighted by Gasteiger charge is -2.29. The summed E-state index contributed by atoms with van der Waals surface area (Å²) in [6, 6.07) is 1.69. The van der Waals surface area contributed by atoms with Gasteiger partial charge in [0, 0.05) is 25.1 Å². The van der Waals surface area contributed by atoms with Crippen molar-refractivity contribution in [2.45, 2.75) is 38.7 Å². The molecule has 1 amide bonds. The second-order valence-electron chi connectivity index (χ2n) is 4.82. The van der Waals surface area contributed by atoms with Gasteiger partial charge >= 0.3 is 0 Å². The van der Waals surface area contributed by atoms with Crippen molar-refractivity contribution in [1.29, 1.82) is 0 Å². The molecule has 1 aromatic heterocycles. The van der Waals surface area contributed by atoms with E-state index in [1.807, 2.05) is 13.8 Å². The summed E-state index contributed by atoms with van der Waals surface area (Å²) in [5.41, 5.74) is 0.336. The molecule has 17 heavy (non-hydrogen) atoms. The van der Waals surface area contributed by atoms with Crippen LogP contribution in [0.3, 0.4) is 0 Å². The van der Waals surface area contributed by atoms with Gasteiger partial charge in [0.2, 0.25) is 0 Å². The van der Waals surface area contributed by atoms with Crippen molar-refractivity contribution >= 4 is 5.91 Å². The Kier molecular flexibility index (Phi) is 3.47. The van der Waals surface area contributed by atoms with Crippen molar-refractivity contribution in [3.8, 4) is 0 Å². The van der Waals surface area contributed by atoms with Gasteiger partial charge in [0.25, 0.3) is 5.91 Å². The minimum Gasteiger partial charge on any atom is -0.391 e. The summed E-state index contributed by atoms with van der Waals surface area (Å²) < 4.78 is 5.10. The summed E-state index contributed by atoms with van der Waals surface area (Å²) >= 11 is 0. The number of aliphatic hydroxyl groups excluding tert-OH is 1. The fourth-order valence-electron chi connectivity index (χ4n) is 1.96. The van der Waals surface area contributed by atoms with E-state index in [4.69, 9.17) is 4.52 Å². The maximum absolute atomic E-state index is 12.1. The van der Waals surface area contributed by atoms with Gasteiger partial charge in [-0.15, -0.1) is 0 Å². The zero-order valence-electron chi connectivity index (χ0n) is 10.2. The Bertz CT molecular complexity index is 400. The first-order chi connectivity index (χ1) is 8.08. The lowest BCUT2D eigenvalue weighted by molar-refractivity contribution is 0.0465. The van der Waals surface area contributed by atoms with E-state index in [0.717, 1.165) is 12.8 Å². The third-order valence-corrected chi connectivity index (χ3v) is 3.00. The highest BCUT2D eigenvalue weighted by atomic mass is 16.5. The number of likely N-dealkylation sites (tertiary alicyclic amines) is 1. The quantitative estimate of drug-likeness (QED) is 0.845. The van der Waals surface area contributed by atoms with Crippen LogP contribution in [0.5, 0.6) is 0 Å². The van der Waals surface area contributed by atoms with E-state index in [1.165, 1.54) is 0 Å². The highest BCUT2D eigenvalue weighted by Crippen LogP contribution is 2.18. The summed E-state index contributed by atoms with van der Waals surface area (Å²) in [4.78, 5) is 13.7. The van der Waals surface area contributed by atoms with Crippen LogP contribution in [0.1, 0.15) is 48.9 Å². The van der Waals surface area contributed by atoms with Crippen LogP contribution in [-0.4, -0.2) is 40.3 Å². The number of piperidine rings is 1. The zero-order chi connectivity index (χ0) is 12.4. The monoisotopic (exact) mass is 238 g/mol. The van der Waals surface area contributed by atoms with Gasteiger partial charge in [-0.3, -0.25) is 4.79 Å². The van der Waals surface area contributed by atoms with Crippen LogP contribution < -0.4 is 0 Å². The van der Waals surface area contributed by atoms with E-state index in [2.05, 4.69) is 5.16 Å².